The van der Waals surface area contributed by atoms with Crippen LogP contribution in [0.1, 0.15) is 10.4 Å². The summed E-state index contributed by atoms with van der Waals surface area (Å²) in [5, 5.41) is 0.877. The number of amides is 1. The van der Waals surface area contributed by atoms with Crippen molar-refractivity contribution in [3.63, 3.8) is 0 Å². The van der Waals surface area contributed by atoms with Crippen molar-refractivity contribution in [3.05, 3.63) is 5.56 Å². The molecule has 94 valence electrons. The minimum atomic E-state index is 0.160. The molecule has 0 aromatic carbocycles. The van der Waals surface area contributed by atoms with Gasteiger partial charge in [-0.2, -0.15) is 16.1 Å². The van der Waals surface area contributed by atoms with Gasteiger partial charge in [-0.05, 0) is 24.0 Å². The lowest BCUT2D eigenvalue weighted by atomic mass is 10.3. The molecule has 3 nitrogen and oxygen atoms in total. The van der Waals surface area contributed by atoms with Gasteiger partial charge in [0.15, 0.2) is 0 Å². The second kappa shape index (κ2) is 6.36. The van der Waals surface area contributed by atoms with Crippen molar-refractivity contribution in [1.82, 2.24) is 9.27 Å². The molecule has 1 saturated heterocycles. The van der Waals surface area contributed by atoms with Crippen molar-refractivity contribution in [2.45, 2.75) is 9.24 Å². The van der Waals surface area contributed by atoms with Crippen LogP contribution < -0.4 is 0 Å². The second-order valence-electron chi connectivity index (χ2n) is 3.46. The Morgan fingerprint density at radius 3 is 2.59 bits per heavy atom. The summed E-state index contributed by atoms with van der Waals surface area (Å²) >= 11 is 6.52. The molecule has 17 heavy (non-hydrogen) atoms. The molecule has 1 aromatic heterocycles. The molecule has 1 amide bonds. The summed E-state index contributed by atoms with van der Waals surface area (Å²) in [6.07, 6.45) is 3.97. The fourth-order valence-electron chi connectivity index (χ4n) is 1.64. The molecule has 0 spiro atoms. The summed E-state index contributed by atoms with van der Waals surface area (Å²) in [4.78, 5) is 14.4. The maximum Gasteiger partial charge on any atom is 0.258 e. The van der Waals surface area contributed by atoms with E-state index in [4.69, 9.17) is 0 Å². The summed E-state index contributed by atoms with van der Waals surface area (Å²) in [6.45, 7) is 1.72. The third kappa shape index (κ3) is 2.94. The van der Waals surface area contributed by atoms with Crippen molar-refractivity contribution in [3.8, 4) is 0 Å². The molecular formula is C10H14N2OS4. The van der Waals surface area contributed by atoms with Crippen LogP contribution in [0.3, 0.4) is 0 Å². The van der Waals surface area contributed by atoms with Gasteiger partial charge in [0.25, 0.3) is 5.91 Å². The van der Waals surface area contributed by atoms with Gasteiger partial charge in [-0.3, -0.25) is 4.79 Å². The summed E-state index contributed by atoms with van der Waals surface area (Å²) in [6, 6.07) is 0. The Morgan fingerprint density at radius 2 is 2.00 bits per heavy atom. The van der Waals surface area contributed by atoms with E-state index in [2.05, 4.69) is 4.37 Å². The molecule has 0 radical (unpaired) electrons. The Labute approximate surface area is 118 Å². The molecule has 1 aliphatic heterocycles. The van der Waals surface area contributed by atoms with E-state index in [-0.39, 0.29) is 5.91 Å². The van der Waals surface area contributed by atoms with E-state index in [1.807, 2.05) is 29.2 Å². The van der Waals surface area contributed by atoms with Gasteiger partial charge in [-0.15, -0.1) is 23.5 Å². The Hall–Kier alpha value is 0.150. The molecule has 0 aliphatic carbocycles. The third-order valence-electron chi connectivity index (χ3n) is 2.52. The first kappa shape index (κ1) is 13.6. The molecule has 1 aromatic rings. The lowest BCUT2D eigenvalue weighted by Crippen LogP contribution is -2.38. The predicted molar refractivity (Wildman–Crippen MR) is 78.9 cm³/mol. The number of carbonyl (C=O) groups is 1. The monoisotopic (exact) mass is 306 g/mol. The van der Waals surface area contributed by atoms with Crippen LogP contribution >= 0.6 is 46.8 Å². The summed E-state index contributed by atoms with van der Waals surface area (Å²) in [7, 11) is 0. The Kier molecular flexibility index (Phi) is 5.08. The van der Waals surface area contributed by atoms with Crippen molar-refractivity contribution in [2.75, 3.05) is 37.1 Å². The minimum Gasteiger partial charge on any atom is -0.337 e. The van der Waals surface area contributed by atoms with E-state index >= 15 is 0 Å². The van der Waals surface area contributed by atoms with Gasteiger partial charge in [-0.1, -0.05) is 0 Å². The first-order valence-corrected chi connectivity index (χ1v) is 9.60. The van der Waals surface area contributed by atoms with Crippen LogP contribution in [0.2, 0.25) is 0 Å². The third-order valence-corrected chi connectivity index (χ3v) is 6.20. The predicted octanol–water partition coefficient (Wildman–Crippen LogP) is 2.78. The van der Waals surface area contributed by atoms with Crippen molar-refractivity contribution < 1.29 is 4.79 Å². The van der Waals surface area contributed by atoms with E-state index in [0.717, 1.165) is 39.4 Å². The normalized spacial score (nSPS) is 16.2. The molecule has 2 heterocycles. The van der Waals surface area contributed by atoms with Gasteiger partial charge in [0, 0.05) is 24.6 Å². The zero-order valence-corrected chi connectivity index (χ0v) is 13.0. The average Bonchev–Trinajstić information content (AvgIpc) is 2.81. The highest BCUT2D eigenvalue weighted by Crippen LogP contribution is 2.33. The number of hydrogen-bond donors (Lipinski definition) is 0. The highest BCUT2D eigenvalue weighted by Gasteiger charge is 2.25. The number of hydrogen-bond acceptors (Lipinski definition) is 6. The molecular weight excluding hydrogens is 292 g/mol. The Morgan fingerprint density at radius 1 is 1.29 bits per heavy atom. The largest absolute Gasteiger partial charge is 0.337 e. The van der Waals surface area contributed by atoms with E-state index in [0.29, 0.717) is 0 Å². The summed E-state index contributed by atoms with van der Waals surface area (Å²) < 4.78 is 5.39. The van der Waals surface area contributed by atoms with Crippen LogP contribution in [0.15, 0.2) is 9.24 Å². The maximum absolute atomic E-state index is 12.5. The van der Waals surface area contributed by atoms with Crippen LogP contribution in [0, 0.1) is 0 Å². The molecule has 0 saturated carbocycles. The first-order valence-electron chi connectivity index (χ1n) is 5.22. The quantitative estimate of drug-likeness (QED) is 0.802. The highest BCUT2D eigenvalue weighted by molar-refractivity contribution is 8.01. The van der Waals surface area contributed by atoms with Crippen LogP contribution in [-0.4, -0.2) is 52.3 Å². The summed E-state index contributed by atoms with van der Waals surface area (Å²) in [5.41, 5.74) is 0.821. The van der Waals surface area contributed by atoms with Crippen molar-refractivity contribution in [2.24, 2.45) is 0 Å². The molecule has 1 aliphatic rings. The van der Waals surface area contributed by atoms with Gasteiger partial charge >= 0.3 is 0 Å². The number of carbonyl (C=O) groups excluding carboxylic acids is 1. The molecule has 7 heteroatoms. The van der Waals surface area contributed by atoms with Gasteiger partial charge in [0.1, 0.15) is 5.03 Å². The zero-order chi connectivity index (χ0) is 12.3. The molecule has 0 bridgehead atoms. The van der Waals surface area contributed by atoms with Crippen LogP contribution in [0.5, 0.6) is 0 Å². The van der Waals surface area contributed by atoms with Gasteiger partial charge in [-0.25, -0.2) is 0 Å². The van der Waals surface area contributed by atoms with E-state index in [1.165, 1.54) is 11.5 Å². The second-order valence-corrected chi connectivity index (χ2v) is 7.33. The fourth-order valence-corrected chi connectivity index (χ4v) is 4.81. The molecule has 0 unspecified atom stereocenters. The molecule has 0 atom stereocenters. The number of rotatable bonds is 3. The number of aromatic nitrogens is 1. The SMILES string of the molecule is CSc1nsc(SC)c1C(=O)N1CCSCC1. The number of nitrogens with zero attached hydrogens (tertiary/aromatic N) is 2. The maximum atomic E-state index is 12.5. The number of thioether (sulfide) groups is 3. The average molecular weight is 307 g/mol. The van der Waals surface area contributed by atoms with E-state index in [9.17, 15) is 4.79 Å². The highest BCUT2D eigenvalue weighted by atomic mass is 32.2. The minimum absolute atomic E-state index is 0.160. The zero-order valence-electron chi connectivity index (χ0n) is 9.76. The standard InChI is InChI=1S/C10H14N2OS4/c1-14-8-7(10(15-2)17-11-8)9(13)12-3-5-16-6-4-12/h3-6H2,1-2H3. The summed E-state index contributed by atoms with van der Waals surface area (Å²) in [5.74, 6) is 2.26. The van der Waals surface area contributed by atoms with Crippen LogP contribution in [0.25, 0.3) is 0 Å². The Balaban J connectivity index is 2.24. The topological polar surface area (TPSA) is 33.2 Å². The lowest BCUT2D eigenvalue weighted by Gasteiger charge is -2.26. The molecule has 2 rings (SSSR count). The molecule has 0 N–H and O–H groups in total. The van der Waals surface area contributed by atoms with Gasteiger partial charge in [0.2, 0.25) is 0 Å². The van der Waals surface area contributed by atoms with E-state index in [1.54, 1.807) is 23.5 Å². The first-order chi connectivity index (χ1) is 8.27. The van der Waals surface area contributed by atoms with Gasteiger partial charge < -0.3 is 4.90 Å². The van der Waals surface area contributed by atoms with Gasteiger partial charge in [0.05, 0.1) is 9.77 Å². The van der Waals surface area contributed by atoms with Crippen LogP contribution in [0.4, 0.5) is 0 Å². The van der Waals surface area contributed by atoms with Crippen LogP contribution in [-0.2, 0) is 0 Å². The lowest BCUT2D eigenvalue weighted by molar-refractivity contribution is 0.0766. The fraction of sp³-hybridized carbons (Fsp3) is 0.600. The smallest absolute Gasteiger partial charge is 0.258 e. The molecule has 1 fully saturated rings. The van der Waals surface area contributed by atoms with E-state index < -0.39 is 0 Å². The van der Waals surface area contributed by atoms with Crippen molar-refractivity contribution in [1.29, 1.82) is 0 Å². The Bertz CT molecular complexity index is 380. The van der Waals surface area contributed by atoms with Crippen molar-refractivity contribution >= 4 is 52.7 Å².